The van der Waals surface area contributed by atoms with Gasteiger partial charge >= 0.3 is 0 Å². The highest BCUT2D eigenvalue weighted by molar-refractivity contribution is 7.89. The average Bonchev–Trinajstić information content (AvgIpc) is 2.89. The van der Waals surface area contributed by atoms with E-state index in [1.165, 1.54) is 12.4 Å². The molecule has 0 amide bonds. The van der Waals surface area contributed by atoms with E-state index < -0.39 is 10.0 Å². The lowest BCUT2D eigenvalue weighted by molar-refractivity contribution is 0.577. The van der Waals surface area contributed by atoms with Crippen LogP contribution in [0.25, 0.3) is 0 Å². The van der Waals surface area contributed by atoms with E-state index in [-0.39, 0.29) is 18.0 Å². The van der Waals surface area contributed by atoms with E-state index in [2.05, 4.69) is 26.8 Å². The molecule has 0 bridgehead atoms. The molecule has 0 aliphatic rings. The van der Waals surface area contributed by atoms with E-state index in [1.54, 1.807) is 29.8 Å². The molecule has 3 N–H and O–H groups in total. The maximum Gasteiger partial charge on any atom is 0.242 e. The van der Waals surface area contributed by atoms with Gasteiger partial charge in [-0.2, -0.15) is 0 Å². The molecule has 21 heavy (non-hydrogen) atoms. The summed E-state index contributed by atoms with van der Waals surface area (Å²) in [7, 11) is -1.95. The van der Waals surface area contributed by atoms with Crippen LogP contribution in [0.3, 0.4) is 0 Å². The fourth-order valence-corrected chi connectivity index (χ4v) is 2.80. The number of aromatic nitrogens is 3. The smallest absolute Gasteiger partial charge is 0.242 e. The lowest BCUT2D eigenvalue weighted by Gasteiger charge is -2.08. The fourth-order valence-electron chi connectivity index (χ4n) is 1.65. The van der Waals surface area contributed by atoms with E-state index >= 15 is 0 Å². The Morgan fingerprint density at radius 2 is 2.14 bits per heavy atom. The lowest BCUT2D eigenvalue weighted by atomic mass is 10.2. The zero-order chi connectivity index (χ0) is 15.3. The van der Waals surface area contributed by atoms with Crippen molar-refractivity contribution in [2.75, 3.05) is 6.54 Å². The SMILES string of the molecule is Cn1cnnc1CNS(=O)(=O)c1ccccc1C#CCN. The summed E-state index contributed by atoms with van der Waals surface area (Å²) in [5, 5.41) is 7.52. The van der Waals surface area contributed by atoms with Crippen LogP contribution in [0.4, 0.5) is 0 Å². The molecule has 1 aromatic heterocycles. The van der Waals surface area contributed by atoms with Crippen LogP contribution in [0.2, 0.25) is 0 Å². The van der Waals surface area contributed by atoms with Crippen LogP contribution in [0.15, 0.2) is 35.5 Å². The second-order valence-electron chi connectivity index (χ2n) is 4.18. The molecule has 0 saturated carbocycles. The van der Waals surface area contributed by atoms with Crippen molar-refractivity contribution in [2.45, 2.75) is 11.4 Å². The molecule has 0 radical (unpaired) electrons. The van der Waals surface area contributed by atoms with Crippen molar-refractivity contribution in [1.82, 2.24) is 19.5 Å². The summed E-state index contributed by atoms with van der Waals surface area (Å²) in [4.78, 5) is 0.119. The summed E-state index contributed by atoms with van der Waals surface area (Å²) in [6.07, 6.45) is 1.50. The lowest BCUT2D eigenvalue weighted by Crippen LogP contribution is -2.25. The van der Waals surface area contributed by atoms with E-state index in [9.17, 15) is 8.42 Å². The average molecular weight is 305 g/mol. The number of sulfonamides is 1. The maximum atomic E-state index is 12.4. The summed E-state index contributed by atoms with van der Waals surface area (Å²) >= 11 is 0. The summed E-state index contributed by atoms with van der Waals surface area (Å²) in [6, 6.07) is 6.51. The number of aryl methyl sites for hydroxylation is 1. The fraction of sp³-hybridized carbons (Fsp3) is 0.231. The largest absolute Gasteiger partial charge is 0.320 e. The molecule has 8 heteroatoms. The van der Waals surface area contributed by atoms with Gasteiger partial charge in [-0.25, -0.2) is 13.1 Å². The molecule has 1 heterocycles. The first kappa shape index (κ1) is 15.2. The number of benzene rings is 1. The Hall–Kier alpha value is -2.21. The quantitative estimate of drug-likeness (QED) is 0.748. The predicted molar refractivity (Wildman–Crippen MR) is 77.4 cm³/mol. The number of rotatable bonds is 4. The van der Waals surface area contributed by atoms with Crippen molar-refractivity contribution < 1.29 is 8.42 Å². The van der Waals surface area contributed by atoms with Crippen molar-refractivity contribution in [1.29, 1.82) is 0 Å². The van der Waals surface area contributed by atoms with Gasteiger partial charge in [0.2, 0.25) is 10.0 Å². The zero-order valence-electron chi connectivity index (χ0n) is 11.4. The van der Waals surface area contributed by atoms with Gasteiger partial charge in [-0.15, -0.1) is 10.2 Å². The third-order valence-corrected chi connectivity index (χ3v) is 4.19. The molecule has 0 saturated heterocycles. The Morgan fingerprint density at radius 1 is 1.38 bits per heavy atom. The van der Waals surface area contributed by atoms with Crippen LogP contribution in [0.1, 0.15) is 11.4 Å². The number of hydrogen-bond acceptors (Lipinski definition) is 5. The third-order valence-electron chi connectivity index (χ3n) is 2.73. The molecule has 1 aromatic carbocycles. The molecular formula is C13H15N5O2S. The third kappa shape index (κ3) is 3.66. The molecule has 2 aromatic rings. The monoisotopic (exact) mass is 305 g/mol. The molecule has 0 unspecified atom stereocenters. The first-order valence-electron chi connectivity index (χ1n) is 6.15. The van der Waals surface area contributed by atoms with Gasteiger partial charge in [0, 0.05) is 12.6 Å². The van der Waals surface area contributed by atoms with Gasteiger partial charge in [0.05, 0.1) is 18.0 Å². The van der Waals surface area contributed by atoms with Crippen molar-refractivity contribution in [3.05, 3.63) is 42.0 Å². The first-order chi connectivity index (χ1) is 10.0. The molecule has 2 rings (SSSR count). The number of nitrogens with zero attached hydrogens (tertiary/aromatic N) is 3. The first-order valence-corrected chi connectivity index (χ1v) is 7.63. The highest BCUT2D eigenvalue weighted by Gasteiger charge is 2.18. The van der Waals surface area contributed by atoms with Gasteiger partial charge in [0.15, 0.2) is 0 Å². The Kier molecular flexibility index (Phi) is 4.70. The van der Waals surface area contributed by atoms with Gasteiger partial charge in [0.1, 0.15) is 12.2 Å². The molecule has 110 valence electrons. The Balaban J connectivity index is 2.26. The van der Waals surface area contributed by atoms with Gasteiger partial charge < -0.3 is 10.3 Å². The number of nitrogens with two attached hydrogens (primary N) is 1. The maximum absolute atomic E-state index is 12.4. The number of nitrogens with one attached hydrogen (secondary N) is 1. The van der Waals surface area contributed by atoms with Gasteiger partial charge in [-0.1, -0.05) is 24.0 Å². The zero-order valence-corrected chi connectivity index (χ0v) is 12.3. The van der Waals surface area contributed by atoms with Crippen molar-refractivity contribution in [3.8, 4) is 11.8 Å². The molecule has 0 atom stereocenters. The van der Waals surface area contributed by atoms with Crippen LogP contribution >= 0.6 is 0 Å². The van der Waals surface area contributed by atoms with Gasteiger partial charge in [0.25, 0.3) is 0 Å². The van der Waals surface area contributed by atoms with Gasteiger partial charge in [-0.05, 0) is 12.1 Å². The molecule has 0 spiro atoms. The second kappa shape index (κ2) is 6.49. The normalized spacial score (nSPS) is 11.0. The minimum atomic E-state index is -3.69. The summed E-state index contributed by atoms with van der Waals surface area (Å²) < 4.78 is 28.8. The van der Waals surface area contributed by atoms with E-state index in [0.29, 0.717) is 11.4 Å². The van der Waals surface area contributed by atoms with Crippen LogP contribution in [0, 0.1) is 11.8 Å². The van der Waals surface area contributed by atoms with E-state index in [1.807, 2.05) is 0 Å². The minimum Gasteiger partial charge on any atom is -0.320 e. The summed E-state index contributed by atoms with van der Waals surface area (Å²) in [5.41, 5.74) is 5.73. The van der Waals surface area contributed by atoms with Crippen LogP contribution in [0.5, 0.6) is 0 Å². The highest BCUT2D eigenvalue weighted by Crippen LogP contribution is 2.14. The topological polar surface area (TPSA) is 103 Å². The standard InChI is InChI=1S/C13H15N5O2S/c1-18-10-15-17-13(18)9-16-21(19,20)12-7-3-2-5-11(12)6-4-8-14/h2-3,5,7,10,16H,8-9,14H2,1H3. The molecule has 0 aliphatic heterocycles. The van der Waals surface area contributed by atoms with Crippen LogP contribution < -0.4 is 10.5 Å². The van der Waals surface area contributed by atoms with Crippen molar-refractivity contribution >= 4 is 10.0 Å². The number of hydrogen-bond donors (Lipinski definition) is 2. The van der Waals surface area contributed by atoms with E-state index in [4.69, 9.17) is 5.73 Å². The minimum absolute atomic E-state index is 0.0531. The highest BCUT2D eigenvalue weighted by atomic mass is 32.2. The summed E-state index contributed by atoms with van der Waals surface area (Å²) in [5.74, 6) is 5.93. The van der Waals surface area contributed by atoms with Gasteiger partial charge in [-0.3, -0.25) is 0 Å². The Labute approximate surface area is 123 Å². The Morgan fingerprint density at radius 3 is 2.81 bits per heavy atom. The van der Waals surface area contributed by atoms with Crippen LogP contribution in [-0.4, -0.2) is 29.7 Å². The predicted octanol–water partition coefficient (Wildman–Crippen LogP) is -0.396. The molecular weight excluding hydrogens is 290 g/mol. The van der Waals surface area contributed by atoms with Crippen LogP contribution in [-0.2, 0) is 23.6 Å². The Bertz CT molecular complexity index is 786. The van der Waals surface area contributed by atoms with Crippen molar-refractivity contribution in [3.63, 3.8) is 0 Å². The summed E-state index contributed by atoms with van der Waals surface area (Å²) in [6.45, 7) is 0.220. The molecule has 0 fully saturated rings. The van der Waals surface area contributed by atoms with E-state index in [0.717, 1.165) is 0 Å². The molecule has 0 aliphatic carbocycles. The molecule has 7 nitrogen and oxygen atoms in total. The van der Waals surface area contributed by atoms with Crippen molar-refractivity contribution in [2.24, 2.45) is 12.8 Å². The second-order valence-corrected chi connectivity index (χ2v) is 5.92.